The minimum atomic E-state index is -0.652. The van der Waals surface area contributed by atoms with Gasteiger partial charge in [-0.2, -0.15) is 0 Å². The first-order valence-corrected chi connectivity index (χ1v) is 9.19. The predicted octanol–water partition coefficient (Wildman–Crippen LogP) is 4.19. The summed E-state index contributed by atoms with van der Waals surface area (Å²) in [5.74, 6) is 1.80. The molecule has 0 saturated heterocycles. The lowest BCUT2D eigenvalue weighted by Crippen LogP contribution is -2.44. The number of aryl methyl sites for hydroxylation is 1. The normalized spacial score (nSPS) is 18.6. The summed E-state index contributed by atoms with van der Waals surface area (Å²) in [6, 6.07) is 13.2. The van der Waals surface area contributed by atoms with Gasteiger partial charge in [0.2, 0.25) is 0 Å². The van der Waals surface area contributed by atoms with Crippen LogP contribution in [0.1, 0.15) is 44.4 Å². The molecule has 2 aromatic rings. The lowest BCUT2D eigenvalue weighted by atomic mass is 9.89. The molecule has 0 spiro atoms. The third kappa shape index (κ3) is 4.35. The van der Waals surface area contributed by atoms with Crippen molar-refractivity contribution in [2.24, 2.45) is 0 Å². The Balaban J connectivity index is 1.76. The van der Waals surface area contributed by atoms with Crippen LogP contribution in [0.2, 0.25) is 0 Å². The molecule has 1 heterocycles. The molecule has 144 valence electrons. The Morgan fingerprint density at radius 1 is 1.22 bits per heavy atom. The van der Waals surface area contributed by atoms with Gasteiger partial charge >= 0.3 is 0 Å². The summed E-state index contributed by atoms with van der Waals surface area (Å²) in [6.07, 6.45) is 0.0387. The Morgan fingerprint density at radius 3 is 2.63 bits per heavy atom. The lowest BCUT2D eigenvalue weighted by Gasteiger charge is -2.38. The van der Waals surface area contributed by atoms with E-state index >= 15 is 0 Å². The van der Waals surface area contributed by atoms with Gasteiger partial charge in [-0.1, -0.05) is 29.8 Å². The number of ether oxygens (including phenoxy) is 3. The Kier molecular flexibility index (Phi) is 5.31. The maximum absolute atomic E-state index is 12.8. The first-order valence-electron chi connectivity index (χ1n) is 9.19. The monoisotopic (exact) mass is 369 g/mol. The van der Waals surface area contributed by atoms with Crippen LogP contribution in [0.25, 0.3) is 0 Å². The molecule has 5 heteroatoms. The van der Waals surface area contributed by atoms with Crippen LogP contribution >= 0.6 is 0 Å². The fourth-order valence-corrected chi connectivity index (χ4v) is 3.35. The van der Waals surface area contributed by atoms with Gasteiger partial charge in [-0.25, -0.2) is 0 Å². The minimum absolute atomic E-state index is 0.125. The van der Waals surface area contributed by atoms with Crippen LogP contribution in [0.3, 0.4) is 0 Å². The largest absolute Gasteiger partial charge is 0.493 e. The van der Waals surface area contributed by atoms with Crippen LogP contribution < -0.4 is 19.5 Å². The van der Waals surface area contributed by atoms with E-state index in [0.717, 1.165) is 16.9 Å². The van der Waals surface area contributed by atoms with Gasteiger partial charge < -0.3 is 19.5 Å². The maximum Gasteiger partial charge on any atom is 0.261 e. The molecule has 0 radical (unpaired) electrons. The summed E-state index contributed by atoms with van der Waals surface area (Å²) < 4.78 is 17.2. The SMILES string of the molecule is COc1ccccc1O[C@@H](C)C(=O)N[C@H]1CC(C)(C)Oc2ccc(C)cc21. The molecule has 3 rings (SSSR count). The summed E-state index contributed by atoms with van der Waals surface area (Å²) >= 11 is 0. The number of carbonyl (C=O) groups excluding carboxylic acids is 1. The average Bonchev–Trinajstić information content (AvgIpc) is 2.62. The van der Waals surface area contributed by atoms with Gasteiger partial charge in [-0.3, -0.25) is 4.79 Å². The second kappa shape index (κ2) is 7.51. The topological polar surface area (TPSA) is 56.8 Å². The molecule has 27 heavy (non-hydrogen) atoms. The maximum atomic E-state index is 12.8. The Labute approximate surface area is 160 Å². The van der Waals surface area contributed by atoms with Crippen LogP contribution in [0, 0.1) is 6.92 Å². The van der Waals surface area contributed by atoms with Gasteiger partial charge in [0.1, 0.15) is 11.4 Å². The summed E-state index contributed by atoms with van der Waals surface area (Å²) in [5, 5.41) is 3.13. The highest BCUT2D eigenvalue weighted by Gasteiger charge is 2.35. The molecule has 0 saturated carbocycles. The van der Waals surface area contributed by atoms with Crippen LogP contribution in [-0.2, 0) is 4.79 Å². The van der Waals surface area contributed by atoms with Crippen molar-refractivity contribution in [1.29, 1.82) is 0 Å². The zero-order valence-corrected chi connectivity index (χ0v) is 16.5. The molecule has 2 atom stereocenters. The van der Waals surface area contributed by atoms with Crippen molar-refractivity contribution in [3.8, 4) is 17.2 Å². The standard InChI is InChI=1S/C22H27NO4/c1-14-10-11-18-16(12-14)17(13-22(3,4)27-18)23-21(24)15(2)26-20-9-7-6-8-19(20)25-5/h6-12,15,17H,13H2,1-5H3,(H,23,24)/t15-,17-/m0/s1. The molecule has 0 bridgehead atoms. The first kappa shape index (κ1) is 19.1. The van der Waals surface area contributed by atoms with Gasteiger partial charge in [0.15, 0.2) is 17.6 Å². The number of fused-ring (bicyclic) bond motifs is 1. The highest BCUT2D eigenvalue weighted by atomic mass is 16.5. The van der Waals surface area contributed by atoms with Gasteiger partial charge in [-0.15, -0.1) is 0 Å². The van der Waals surface area contributed by atoms with Gasteiger partial charge in [0, 0.05) is 12.0 Å². The van der Waals surface area contributed by atoms with E-state index in [4.69, 9.17) is 14.2 Å². The molecule has 5 nitrogen and oxygen atoms in total. The number of benzene rings is 2. The van der Waals surface area contributed by atoms with Crippen molar-refractivity contribution < 1.29 is 19.0 Å². The van der Waals surface area contributed by atoms with Gasteiger partial charge in [0.25, 0.3) is 5.91 Å². The van der Waals surface area contributed by atoms with Crippen LogP contribution in [0.5, 0.6) is 17.2 Å². The van der Waals surface area contributed by atoms with Crippen molar-refractivity contribution in [2.75, 3.05) is 7.11 Å². The van der Waals surface area contributed by atoms with Gasteiger partial charge in [0.05, 0.1) is 13.2 Å². The Bertz CT molecular complexity index is 831. The number of amides is 1. The third-order valence-corrected chi connectivity index (χ3v) is 4.68. The van der Waals surface area contributed by atoms with E-state index in [1.807, 2.05) is 45.0 Å². The van der Waals surface area contributed by atoms with E-state index in [1.165, 1.54) is 0 Å². The zero-order chi connectivity index (χ0) is 19.6. The summed E-state index contributed by atoms with van der Waals surface area (Å²) in [5.41, 5.74) is 1.79. The van der Waals surface area contributed by atoms with Crippen LogP contribution in [0.15, 0.2) is 42.5 Å². The van der Waals surface area contributed by atoms with Crippen molar-refractivity contribution in [2.45, 2.75) is 51.9 Å². The predicted molar refractivity (Wildman–Crippen MR) is 104 cm³/mol. The van der Waals surface area contributed by atoms with E-state index in [9.17, 15) is 4.79 Å². The lowest BCUT2D eigenvalue weighted by molar-refractivity contribution is -0.128. The van der Waals surface area contributed by atoms with Crippen molar-refractivity contribution in [3.05, 3.63) is 53.6 Å². The smallest absolute Gasteiger partial charge is 0.261 e. The number of hydrogen-bond donors (Lipinski definition) is 1. The van der Waals surface area contributed by atoms with E-state index < -0.39 is 6.10 Å². The molecule has 1 amide bonds. The third-order valence-electron chi connectivity index (χ3n) is 4.68. The molecule has 0 unspecified atom stereocenters. The average molecular weight is 369 g/mol. The first-order chi connectivity index (χ1) is 12.8. The number of rotatable bonds is 5. The van der Waals surface area contributed by atoms with Crippen molar-refractivity contribution in [1.82, 2.24) is 5.32 Å². The summed E-state index contributed by atoms with van der Waals surface area (Å²) in [6.45, 7) is 7.84. The van der Waals surface area contributed by atoms with E-state index in [0.29, 0.717) is 17.9 Å². The molecule has 0 aromatic heterocycles. The Hall–Kier alpha value is -2.69. The fraction of sp³-hybridized carbons (Fsp3) is 0.409. The second-order valence-electron chi connectivity index (χ2n) is 7.58. The quantitative estimate of drug-likeness (QED) is 0.859. The number of hydrogen-bond acceptors (Lipinski definition) is 4. The summed E-state index contributed by atoms with van der Waals surface area (Å²) in [4.78, 5) is 12.8. The van der Waals surface area contributed by atoms with Crippen LogP contribution in [-0.4, -0.2) is 24.7 Å². The summed E-state index contributed by atoms with van der Waals surface area (Å²) in [7, 11) is 1.58. The van der Waals surface area contributed by atoms with Crippen LogP contribution in [0.4, 0.5) is 0 Å². The molecule has 0 aliphatic carbocycles. The molecular weight excluding hydrogens is 342 g/mol. The van der Waals surface area contributed by atoms with E-state index in [2.05, 4.69) is 11.4 Å². The number of para-hydroxylation sites is 2. The Morgan fingerprint density at radius 2 is 1.93 bits per heavy atom. The number of nitrogens with one attached hydrogen (secondary N) is 1. The highest BCUT2D eigenvalue weighted by Crippen LogP contribution is 2.40. The number of carbonyl (C=O) groups is 1. The van der Waals surface area contributed by atoms with Crippen molar-refractivity contribution in [3.63, 3.8) is 0 Å². The fourth-order valence-electron chi connectivity index (χ4n) is 3.35. The number of methoxy groups -OCH3 is 1. The molecule has 2 aromatic carbocycles. The second-order valence-corrected chi connectivity index (χ2v) is 7.58. The molecule has 1 aliphatic rings. The van der Waals surface area contributed by atoms with Crippen molar-refractivity contribution >= 4 is 5.91 Å². The highest BCUT2D eigenvalue weighted by molar-refractivity contribution is 5.81. The van der Waals surface area contributed by atoms with Gasteiger partial charge in [-0.05, 0) is 45.9 Å². The van der Waals surface area contributed by atoms with E-state index in [-0.39, 0.29) is 17.6 Å². The molecular formula is C22H27NO4. The molecule has 1 aliphatic heterocycles. The van der Waals surface area contributed by atoms with E-state index in [1.54, 1.807) is 26.2 Å². The molecule has 1 N–H and O–H groups in total. The molecule has 0 fully saturated rings. The minimum Gasteiger partial charge on any atom is -0.493 e. The zero-order valence-electron chi connectivity index (χ0n) is 16.5.